The van der Waals surface area contributed by atoms with E-state index in [9.17, 15) is 9.90 Å². The topological polar surface area (TPSA) is 83.0 Å². The van der Waals surface area contributed by atoms with Gasteiger partial charge in [-0.3, -0.25) is 9.79 Å². The zero-order valence-electron chi connectivity index (χ0n) is 19.4. The molecule has 3 rings (SSSR count). The molecule has 1 heterocycles. The van der Waals surface area contributed by atoms with Crippen LogP contribution in [0, 0.1) is 0 Å². The molecule has 0 atom stereocenters. The van der Waals surface area contributed by atoms with Gasteiger partial charge in [0.2, 0.25) is 0 Å². The first-order valence-electron chi connectivity index (χ1n) is 10.9. The fourth-order valence-electron chi connectivity index (χ4n) is 3.20. The summed E-state index contributed by atoms with van der Waals surface area (Å²) in [6, 6.07) is 16.4. The molecule has 0 saturated heterocycles. The van der Waals surface area contributed by atoms with E-state index in [0.29, 0.717) is 30.3 Å². The second-order valence-electron chi connectivity index (χ2n) is 7.50. The molecule has 0 spiro atoms. The van der Waals surface area contributed by atoms with Crippen molar-refractivity contribution in [1.82, 2.24) is 5.32 Å². The van der Waals surface area contributed by atoms with Crippen LogP contribution in [-0.4, -0.2) is 30.9 Å². The van der Waals surface area contributed by atoms with Crippen LogP contribution >= 0.6 is 11.3 Å². The number of aliphatic imine (C=N–C) groups is 1. The average Bonchev–Trinajstić information content (AvgIpc) is 3.38. The van der Waals surface area contributed by atoms with E-state index in [1.807, 2.05) is 35.7 Å². The second-order valence-corrected chi connectivity index (χ2v) is 8.45. The molecule has 0 fully saturated rings. The van der Waals surface area contributed by atoms with Crippen LogP contribution in [0.25, 0.3) is 10.4 Å². The van der Waals surface area contributed by atoms with Crippen molar-refractivity contribution >= 4 is 29.1 Å². The molecule has 2 aromatic carbocycles. The molecule has 0 aliphatic heterocycles. The number of phenols is 1. The Morgan fingerprint density at radius 2 is 2.00 bits per heavy atom. The summed E-state index contributed by atoms with van der Waals surface area (Å²) in [6.07, 6.45) is 4.74. The first-order valence-corrected chi connectivity index (χ1v) is 11.8. The predicted molar refractivity (Wildman–Crippen MR) is 141 cm³/mol. The Kier molecular flexibility index (Phi) is 9.05. The van der Waals surface area contributed by atoms with Gasteiger partial charge in [0, 0.05) is 35.8 Å². The lowest BCUT2D eigenvalue weighted by Crippen LogP contribution is -2.16. The molecule has 176 valence electrons. The van der Waals surface area contributed by atoms with Crippen molar-refractivity contribution in [3.8, 4) is 16.2 Å². The number of carbonyl (C=O) groups excluding carboxylic acids is 1. The Labute approximate surface area is 204 Å². The zero-order chi connectivity index (χ0) is 24.3. The van der Waals surface area contributed by atoms with Crippen molar-refractivity contribution in [2.75, 3.05) is 19.0 Å². The number of nitrogens with one attached hydrogen (secondary N) is 2. The van der Waals surface area contributed by atoms with Crippen molar-refractivity contribution in [3.05, 3.63) is 95.2 Å². The summed E-state index contributed by atoms with van der Waals surface area (Å²) in [5, 5.41) is 18.1. The standard InChI is InChI=1S/C27H29N3O3S/c1-4-6-21(16-28-3)18-33-19(2)29-17-20-8-10-22(11-9-20)27(32)30-24-15-23(12-13-25(24)31)26-7-5-14-34-26/h5-16,29,31H,2,4,17-18H2,1,3H3,(H,30,32)/b21-6+,28-16?. The molecule has 7 heteroatoms. The third-order valence-corrected chi connectivity index (χ3v) is 5.85. The van der Waals surface area contributed by atoms with Crippen LogP contribution in [0.3, 0.4) is 0 Å². The van der Waals surface area contributed by atoms with Crippen LogP contribution in [0.15, 0.2) is 89.1 Å². The summed E-state index contributed by atoms with van der Waals surface area (Å²) in [6.45, 7) is 6.87. The van der Waals surface area contributed by atoms with E-state index >= 15 is 0 Å². The molecule has 3 N–H and O–H groups in total. The van der Waals surface area contributed by atoms with E-state index in [-0.39, 0.29) is 11.7 Å². The summed E-state index contributed by atoms with van der Waals surface area (Å²) in [5.74, 6) is 0.197. The summed E-state index contributed by atoms with van der Waals surface area (Å²) in [7, 11) is 1.73. The van der Waals surface area contributed by atoms with Crippen molar-refractivity contribution in [3.63, 3.8) is 0 Å². The van der Waals surface area contributed by atoms with Crippen molar-refractivity contribution < 1.29 is 14.6 Å². The molecule has 0 radical (unpaired) electrons. The highest BCUT2D eigenvalue weighted by molar-refractivity contribution is 7.13. The van der Waals surface area contributed by atoms with E-state index in [1.54, 1.807) is 48.9 Å². The van der Waals surface area contributed by atoms with Gasteiger partial charge in [-0.25, -0.2) is 0 Å². The van der Waals surface area contributed by atoms with Crippen LogP contribution in [0.2, 0.25) is 0 Å². The molecule has 0 saturated carbocycles. The Bertz CT molecular complexity index is 1170. The molecular weight excluding hydrogens is 446 g/mol. The van der Waals surface area contributed by atoms with Crippen LogP contribution in [0.4, 0.5) is 5.69 Å². The number of aromatic hydroxyl groups is 1. The molecule has 0 aliphatic carbocycles. The minimum atomic E-state index is -0.293. The van der Waals surface area contributed by atoms with Gasteiger partial charge < -0.3 is 20.5 Å². The number of phenolic OH excluding ortho intramolecular Hbond substituents is 1. The molecule has 0 aliphatic rings. The summed E-state index contributed by atoms with van der Waals surface area (Å²) in [5.41, 5.74) is 3.78. The van der Waals surface area contributed by atoms with Gasteiger partial charge >= 0.3 is 0 Å². The van der Waals surface area contributed by atoms with Crippen LogP contribution < -0.4 is 10.6 Å². The van der Waals surface area contributed by atoms with Crippen molar-refractivity contribution in [2.45, 2.75) is 19.9 Å². The van der Waals surface area contributed by atoms with Gasteiger partial charge in [-0.1, -0.05) is 31.2 Å². The number of benzene rings is 2. The SMILES string of the molecule is C=C(NCc1ccc(C(=O)Nc2cc(-c3cccs3)ccc2O)cc1)OC/C(C=NC)=C/CC. The Morgan fingerprint density at radius 3 is 2.68 bits per heavy atom. The molecule has 0 unspecified atom stereocenters. The lowest BCUT2D eigenvalue weighted by atomic mass is 10.1. The number of amides is 1. The fraction of sp³-hybridized carbons (Fsp3) is 0.185. The van der Waals surface area contributed by atoms with E-state index in [0.717, 1.165) is 28.0 Å². The number of hydrogen-bond donors (Lipinski definition) is 3. The molecule has 0 bridgehead atoms. The lowest BCUT2D eigenvalue weighted by molar-refractivity contribution is 0.102. The number of ether oxygens (including phenoxy) is 1. The third kappa shape index (κ3) is 7.08. The van der Waals surface area contributed by atoms with E-state index in [1.165, 1.54) is 0 Å². The van der Waals surface area contributed by atoms with Gasteiger partial charge in [0.15, 0.2) is 5.88 Å². The molecule has 3 aromatic rings. The molecule has 34 heavy (non-hydrogen) atoms. The van der Waals surface area contributed by atoms with Gasteiger partial charge in [-0.15, -0.1) is 11.3 Å². The highest BCUT2D eigenvalue weighted by Gasteiger charge is 2.11. The molecule has 6 nitrogen and oxygen atoms in total. The van der Waals surface area contributed by atoms with Crippen molar-refractivity contribution in [2.24, 2.45) is 4.99 Å². The molecular formula is C27H29N3O3S. The Balaban J connectivity index is 1.54. The number of anilines is 1. The van der Waals surface area contributed by atoms with Crippen LogP contribution in [0.5, 0.6) is 5.75 Å². The van der Waals surface area contributed by atoms with Gasteiger partial charge in [0.05, 0.1) is 5.69 Å². The largest absolute Gasteiger partial charge is 0.506 e. The monoisotopic (exact) mass is 475 g/mol. The Hall–Kier alpha value is -3.84. The third-order valence-electron chi connectivity index (χ3n) is 4.93. The molecule has 1 aromatic heterocycles. The lowest BCUT2D eigenvalue weighted by Gasteiger charge is -2.12. The van der Waals surface area contributed by atoms with E-state index < -0.39 is 0 Å². The zero-order valence-corrected chi connectivity index (χ0v) is 20.2. The fourth-order valence-corrected chi connectivity index (χ4v) is 3.92. The van der Waals surface area contributed by atoms with E-state index in [2.05, 4.69) is 35.2 Å². The van der Waals surface area contributed by atoms with Crippen LogP contribution in [0.1, 0.15) is 29.3 Å². The van der Waals surface area contributed by atoms with Crippen LogP contribution in [-0.2, 0) is 11.3 Å². The maximum atomic E-state index is 12.7. The highest BCUT2D eigenvalue weighted by Crippen LogP contribution is 2.32. The maximum absolute atomic E-state index is 12.7. The smallest absolute Gasteiger partial charge is 0.255 e. The van der Waals surface area contributed by atoms with Gasteiger partial charge in [-0.05, 0) is 65.9 Å². The van der Waals surface area contributed by atoms with Gasteiger partial charge in [0.25, 0.3) is 5.91 Å². The number of allylic oxidation sites excluding steroid dienone is 1. The molecule has 1 amide bonds. The second kappa shape index (κ2) is 12.4. The minimum Gasteiger partial charge on any atom is -0.506 e. The number of nitrogens with zero attached hydrogens (tertiary/aromatic N) is 1. The predicted octanol–water partition coefficient (Wildman–Crippen LogP) is 5.99. The van der Waals surface area contributed by atoms with Gasteiger partial charge in [0.1, 0.15) is 12.4 Å². The number of hydrogen-bond acceptors (Lipinski definition) is 6. The normalized spacial score (nSPS) is 11.4. The summed E-state index contributed by atoms with van der Waals surface area (Å²) >= 11 is 1.60. The number of carbonyl (C=O) groups is 1. The minimum absolute atomic E-state index is 0.0233. The first kappa shape index (κ1) is 24.8. The summed E-state index contributed by atoms with van der Waals surface area (Å²) < 4.78 is 5.65. The maximum Gasteiger partial charge on any atom is 0.255 e. The average molecular weight is 476 g/mol. The summed E-state index contributed by atoms with van der Waals surface area (Å²) in [4.78, 5) is 17.8. The first-order chi connectivity index (χ1) is 16.5. The van der Waals surface area contributed by atoms with Crippen molar-refractivity contribution in [1.29, 1.82) is 0 Å². The van der Waals surface area contributed by atoms with E-state index in [4.69, 9.17) is 4.74 Å². The Morgan fingerprint density at radius 1 is 1.21 bits per heavy atom. The number of thiophene rings is 1. The number of rotatable bonds is 11. The highest BCUT2D eigenvalue weighted by atomic mass is 32.1. The quantitative estimate of drug-likeness (QED) is 0.181. The van der Waals surface area contributed by atoms with Gasteiger partial charge in [-0.2, -0.15) is 0 Å².